The van der Waals surface area contributed by atoms with Gasteiger partial charge in [-0.2, -0.15) is 0 Å². The summed E-state index contributed by atoms with van der Waals surface area (Å²) in [5.74, 6) is 2.04. The highest BCUT2D eigenvalue weighted by atomic mass is 15.3. The summed E-state index contributed by atoms with van der Waals surface area (Å²) in [5, 5.41) is 0. The molecule has 1 aromatic heterocycles. The second-order valence-electron chi connectivity index (χ2n) is 8.36. The predicted molar refractivity (Wildman–Crippen MR) is 120 cm³/mol. The van der Waals surface area contributed by atoms with E-state index in [1.807, 2.05) is 0 Å². The van der Waals surface area contributed by atoms with E-state index in [2.05, 4.69) is 73.0 Å². The van der Waals surface area contributed by atoms with Gasteiger partial charge >= 0.3 is 0 Å². The number of hydrogen-bond acceptors (Lipinski definition) is 4. The van der Waals surface area contributed by atoms with Crippen molar-refractivity contribution in [2.45, 2.75) is 40.2 Å². The van der Waals surface area contributed by atoms with E-state index in [0.29, 0.717) is 0 Å². The van der Waals surface area contributed by atoms with Gasteiger partial charge in [-0.25, -0.2) is 9.97 Å². The monoisotopic (exact) mass is 384 g/mol. The summed E-state index contributed by atoms with van der Waals surface area (Å²) in [6.45, 7) is 10.6. The minimum absolute atomic E-state index is 0.888. The molecule has 148 valence electrons. The lowest BCUT2D eigenvalue weighted by Gasteiger charge is -2.38. The molecule has 4 heteroatoms. The normalized spacial score (nSPS) is 15.8. The van der Waals surface area contributed by atoms with Crippen LogP contribution in [0.25, 0.3) is 11.4 Å². The number of aryl methyl sites for hydroxylation is 3. The Labute approximate surface area is 173 Å². The first kappa shape index (κ1) is 18.2. The summed E-state index contributed by atoms with van der Waals surface area (Å²) in [6.07, 6.45) is 2.21. The van der Waals surface area contributed by atoms with E-state index in [1.54, 1.807) is 0 Å². The van der Waals surface area contributed by atoms with Gasteiger partial charge < -0.3 is 9.80 Å². The van der Waals surface area contributed by atoms with Gasteiger partial charge in [-0.15, -0.1) is 0 Å². The summed E-state index contributed by atoms with van der Waals surface area (Å²) in [6, 6.07) is 15.1. The van der Waals surface area contributed by atoms with Crippen molar-refractivity contribution in [3.63, 3.8) is 0 Å². The zero-order chi connectivity index (χ0) is 20.0. The number of benzene rings is 2. The second-order valence-corrected chi connectivity index (χ2v) is 8.36. The van der Waals surface area contributed by atoms with Crippen molar-refractivity contribution in [3.05, 3.63) is 70.4 Å². The molecule has 3 heterocycles. The molecule has 0 bridgehead atoms. The molecule has 5 rings (SSSR count). The molecule has 0 unspecified atom stereocenters. The molecular formula is C25H28N4. The Morgan fingerprint density at radius 3 is 2.17 bits per heavy atom. The standard InChI is InChI=1S/C25H28N4/c1-17-8-4-5-11-22(17)29-15-12-21-20(16-29)25(28-13-7-14-28)27-24(26-21)23-18(2)9-6-10-19(23)3/h4-6,8-11H,7,12-16H2,1-3H3. The fourth-order valence-electron chi connectivity index (χ4n) is 4.59. The minimum Gasteiger partial charge on any atom is -0.366 e. The maximum atomic E-state index is 5.14. The van der Waals surface area contributed by atoms with Crippen molar-refractivity contribution in [1.29, 1.82) is 0 Å². The van der Waals surface area contributed by atoms with E-state index in [-0.39, 0.29) is 0 Å². The predicted octanol–water partition coefficient (Wildman–Crippen LogP) is 4.84. The lowest BCUT2D eigenvalue weighted by Crippen LogP contribution is -2.41. The number of hydrogen-bond donors (Lipinski definition) is 0. The number of fused-ring (bicyclic) bond motifs is 1. The molecule has 2 aromatic carbocycles. The van der Waals surface area contributed by atoms with Gasteiger partial charge in [0.15, 0.2) is 5.82 Å². The first-order valence-corrected chi connectivity index (χ1v) is 10.6. The van der Waals surface area contributed by atoms with Gasteiger partial charge in [0, 0.05) is 49.4 Å². The van der Waals surface area contributed by atoms with Crippen LogP contribution < -0.4 is 9.80 Å². The quantitative estimate of drug-likeness (QED) is 0.647. The highest BCUT2D eigenvalue weighted by Gasteiger charge is 2.28. The molecule has 0 N–H and O–H groups in total. The number of anilines is 2. The molecule has 0 amide bonds. The topological polar surface area (TPSA) is 32.3 Å². The fourth-order valence-corrected chi connectivity index (χ4v) is 4.59. The Balaban J connectivity index is 1.60. The van der Waals surface area contributed by atoms with Crippen molar-refractivity contribution >= 4 is 11.5 Å². The molecular weight excluding hydrogens is 356 g/mol. The van der Waals surface area contributed by atoms with E-state index >= 15 is 0 Å². The number of nitrogens with zero attached hydrogens (tertiary/aromatic N) is 4. The van der Waals surface area contributed by atoms with E-state index < -0.39 is 0 Å². The van der Waals surface area contributed by atoms with E-state index in [0.717, 1.165) is 44.2 Å². The maximum Gasteiger partial charge on any atom is 0.162 e. The van der Waals surface area contributed by atoms with Crippen LogP contribution in [0.5, 0.6) is 0 Å². The molecule has 0 radical (unpaired) electrons. The maximum absolute atomic E-state index is 5.14. The van der Waals surface area contributed by atoms with Crippen LogP contribution >= 0.6 is 0 Å². The van der Waals surface area contributed by atoms with E-state index in [1.165, 1.54) is 45.6 Å². The average molecular weight is 385 g/mol. The van der Waals surface area contributed by atoms with Gasteiger partial charge in [0.1, 0.15) is 5.82 Å². The highest BCUT2D eigenvalue weighted by molar-refractivity contribution is 5.68. The third-order valence-corrected chi connectivity index (χ3v) is 6.35. The third kappa shape index (κ3) is 3.17. The Morgan fingerprint density at radius 1 is 0.759 bits per heavy atom. The summed E-state index contributed by atoms with van der Waals surface area (Å²) in [5.41, 5.74) is 8.88. The molecule has 0 spiro atoms. The molecule has 0 saturated carbocycles. The fraction of sp³-hybridized carbons (Fsp3) is 0.360. The molecule has 2 aliphatic rings. The van der Waals surface area contributed by atoms with Crippen LogP contribution in [0.15, 0.2) is 42.5 Å². The van der Waals surface area contributed by atoms with Crippen molar-refractivity contribution in [2.75, 3.05) is 29.4 Å². The molecule has 0 atom stereocenters. The van der Waals surface area contributed by atoms with Gasteiger partial charge in [-0.3, -0.25) is 0 Å². The van der Waals surface area contributed by atoms with Gasteiger partial charge in [0.05, 0.1) is 5.69 Å². The van der Waals surface area contributed by atoms with Gasteiger partial charge in [-0.05, 0) is 49.9 Å². The SMILES string of the molecule is Cc1ccccc1N1CCc2nc(-c3c(C)cccc3C)nc(N3CCC3)c2C1. The van der Waals surface area contributed by atoms with Crippen LogP contribution in [0.4, 0.5) is 11.5 Å². The number of rotatable bonds is 3. The Hall–Kier alpha value is -2.88. The van der Waals surface area contributed by atoms with Crippen LogP contribution in [0, 0.1) is 20.8 Å². The van der Waals surface area contributed by atoms with Crippen LogP contribution in [0.3, 0.4) is 0 Å². The molecule has 29 heavy (non-hydrogen) atoms. The molecule has 1 fully saturated rings. The molecule has 1 saturated heterocycles. The van der Waals surface area contributed by atoms with Crippen LogP contribution in [0.1, 0.15) is 34.4 Å². The van der Waals surface area contributed by atoms with Crippen molar-refractivity contribution in [2.24, 2.45) is 0 Å². The van der Waals surface area contributed by atoms with Crippen molar-refractivity contribution < 1.29 is 0 Å². The summed E-state index contributed by atoms with van der Waals surface area (Å²) in [4.78, 5) is 15.1. The summed E-state index contributed by atoms with van der Waals surface area (Å²) < 4.78 is 0. The Morgan fingerprint density at radius 2 is 1.48 bits per heavy atom. The van der Waals surface area contributed by atoms with Gasteiger partial charge in [0.25, 0.3) is 0 Å². The van der Waals surface area contributed by atoms with Crippen LogP contribution in [-0.4, -0.2) is 29.6 Å². The Bertz CT molecular complexity index is 1050. The van der Waals surface area contributed by atoms with Crippen LogP contribution in [0.2, 0.25) is 0 Å². The van der Waals surface area contributed by atoms with E-state index in [4.69, 9.17) is 9.97 Å². The zero-order valence-corrected chi connectivity index (χ0v) is 17.6. The van der Waals surface area contributed by atoms with Gasteiger partial charge in [0.2, 0.25) is 0 Å². The second kappa shape index (κ2) is 7.18. The van der Waals surface area contributed by atoms with Crippen molar-refractivity contribution in [3.8, 4) is 11.4 Å². The largest absolute Gasteiger partial charge is 0.366 e. The molecule has 0 aliphatic carbocycles. The first-order valence-electron chi connectivity index (χ1n) is 10.6. The lowest BCUT2D eigenvalue weighted by atomic mass is 9.99. The number of aromatic nitrogens is 2. The zero-order valence-electron chi connectivity index (χ0n) is 17.6. The minimum atomic E-state index is 0.888. The molecule has 3 aromatic rings. The first-order chi connectivity index (χ1) is 14.1. The summed E-state index contributed by atoms with van der Waals surface area (Å²) >= 11 is 0. The molecule has 2 aliphatic heterocycles. The lowest BCUT2D eigenvalue weighted by molar-refractivity contribution is 0.597. The molecule has 4 nitrogen and oxygen atoms in total. The smallest absolute Gasteiger partial charge is 0.162 e. The van der Waals surface area contributed by atoms with Gasteiger partial charge in [-0.1, -0.05) is 36.4 Å². The average Bonchev–Trinajstić information content (AvgIpc) is 2.67. The van der Waals surface area contributed by atoms with E-state index in [9.17, 15) is 0 Å². The van der Waals surface area contributed by atoms with Crippen molar-refractivity contribution in [1.82, 2.24) is 9.97 Å². The summed E-state index contributed by atoms with van der Waals surface area (Å²) in [7, 11) is 0. The van der Waals surface area contributed by atoms with Crippen LogP contribution in [-0.2, 0) is 13.0 Å². The Kier molecular flexibility index (Phi) is 4.50. The number of para-hydroxylation sites is 1. The third-order valence-electron chi connectivity index (χ3n) is 6.35. The highest BCUT2D eigenvalue weighted by Crippen LogP contribution is 2.35.